The normalized spacial score (nSPS) is 16.9. The minimum absolute atomic E-state index is 0.0677. The number of aliphatic hydroxyl groups is 1. The van der Waals surface area contributed by atoms with Crippen molar-refractivity contribution in [3.8, 4) is 0 Å². The Morgan fingerprint density at radius 3 is 2.30 bits per heavy atom. The fourth-order valence-corrected chi connectivity index (χ4v) is 9.28. The molecule has 1 aliphatic carbocycles. The molecule has 1 aliphatic heterocycles. The van der Waals surface area contributed by atoms with Gasteiger partial charge in [-0.1, -0.05) is 66.7 Å². The van der Waals surface area contributed by atoms with Gasteiger partial charge in [0.25, 0.3) is 0 Å². The zero-order valence-electron chi connectivity index (χ0n) is 25.9. The molecular weight excluding hydrogens is 643 g/mol. The van der Waals surface area contributed by atoms with Crippen LogP contribution in [-0.2, 0) is 39.1 Å². The maximum absolute atomic E-state index is 14.1. The third-order valence-corrected chi connectivity index (χ3v) is 12.0. The summed E-state index contributed by atoms with van der Waals surface area (Å²) in [4.78, 5) is 14.6. The molecule has 1 atom stereocenters. The molecule has 1 saturated carbocycles. The van der Waals surface area contributed by atoms with Gasteiger partial charge in [-0.05, 0) is 58.9 Å². The van der Waals surface area contributed by atoms with Crippen molar-refractivity contribution in [3.05, 3.63) is 123 Å². The first-order valence-electron chi connectivity index (χ1n) is 15.8. The van der Waals surface area contributed by atoms with Gasteiger partial charge in [0.05, 0.1) is 37.3 Å². The van der Waals surface area contributed by atoms with E-state index < -0.39 is 47.4 Å². The minimum atomic E-state index is -4.16. The van der Waals surface area contributed by atoms with E-state index in [-0.39, 0.29) is 36.2 Å². The van der Waals surface area contributed by atoms with Crippen LogP contribution in [0, 0.1) is 5.92 Å². The molecule has 1 fully saturated rings. The second kappa shape index (κ2) is 14.3. The molecule has 6 rings (SSSR count). The number of rotatable bonds is 13. The van der Waals surface area contributed by atoms with E-state index in [0.717, 1.165) is 27.1 Å². The van der Waals surface area contributed by atoms with Crippen molar-refractivity contribution in [3.63, 3.8) is 0 Å². The number of sulfonamides is 1. The summed E-state index contributed by atoms with van der Waals surface area (Å²) in [7, 11) is -4.16. The highest BCUT2D eigenvalue weighted by Crippen LogP contribution is 2.45. The van der Waals surface area contributed by atoms with Crippen molar-refractivity contribution in [2.75, 3.05) is 19.8 Å². The van der Waals surface area contributed by atoms with Crippen LogP contribution in [0.4, 0.5) is 8.78 Å². The van der Waals surface area contributed by atoms with Crippen LogP contribution in [0.25, 0.3) is 0 Å². The van der Waals surface area contributed by atoms with Gasteiger partial charge in [0.1, 0.15) is 0 Å². The number of nitrogens with zero attached hydrogens (tertiary/aromatic N) is 1. The number of alkyl halides is 2. The van der Waals surface area contributed by atoms with Crippen LogP contribution in [0.2, 0.25) is 0 Å². The average Bonchev–Trinajstić information content (AvgIpc) is 3.54. The van der Waals surface area contributed by atoms with Crippen molar-refractivity contribution in [1.29, 1.82) is 0 Å². The molecule has 11 heteroatoms. The Morgan fingerprint density at radius 1 is 0.979 bits per heavy atom. The summed E-state index contributed by atoms with van der Waals surface area (Å²) in [5.74, 6) is -3.59. The molecule has 2 aliphatic rings. The fraction of sp³-hybridized carbons (Fsp3) is 0.361. The Hall–Kier alpha value is -3.48. The molecule has 248 valence electrons. The molecule has 47 heavy (non-hydrogen) atoms. The molecule has 2 N–H and O–H groups in total. The summed E-state index contributed by atoms with van der Waals surface area (Å²) in [6.45, 7) is 0.469. The summed E-state index contributed by atoms with van der Waals surface area (Å²) >= 11 is 1.29. The number of thiophene rings is 1. The summed E-state index contributed by atoms with van der Waals surface area (Å²) in [5.41, 5.74) is 3.87. The van der Waals surface area contributed by atoms with Crippen LogP contribution in [0.3, 0.4) is 0 Å². The van der Waals surface area contributed by atoms with Gasteiger partial charge in [-0.3, -0.25) is 4.79 Å². The van der Waals surface area contributed by atoms with Crippen LogP contribution in [0.5, 0.6) is 0 Å². The van der Waals surface area contributed by atoms with Gasteiger partial charge in [0, 0.05) is 41.5 Å². The number of aliphatic hydroxyl groups excluding tert-OH is 1. The monoisotopic (exact) mass is 680 g/mol. The van der Waals surface area contributed by atoms with E-state index in [4.69, 9.17) is 4.74 Å². The highest BCUT2D eigenvalue weighted by atomic mass is 32.2. The number of fused-ring (bicyclic) bond motifs is 1. The minimum Gasteiger partial charge on any atom is -0.394 e. The molecule has 0 radical (unpaired) electrons. The molecule has 0 unspecified atom stereocenters. The van der Waals surface area contributed by atoms with E-state index in [1.54, 1.807) is 24.3 Å². The zero-order chi connectivity index (χ0) is 33.0. The maximum Gasteiger partial charge on any atom is 0.248 e. The lowest BCUT2D eigenvalue weighted by Crippen LogP contribution is -2.46. The standard InChI is InChI=1S/C36H38F2N2O5S2/c37-36(38)19-25(20-36)22-40(47(43,44)31-13-11-29-24-45-16-15-28(29)17-31)33(23-41)34-14-12-30(46-34)21-39-35(42)18-32(26-7-3-1-4-8-26)27-9-5-2-6-10-27/h1-14,17,25,32-33,41H,15-16,18-24H2,(H,39,42)/t33-/m1/s1. The lowest BCUT2D eigenvalue weighted by molar-refractivity contribution is -0.121. The van der Waals surface area contributed by atoms with Gasteiger partial charge in [-0.15, -0.1) is 11.3 Å². The fourth-order valence-electron chi connectivity index (χ4n) is 6.43. The topological polar surface area (TPSA) is 95.9 Å². The molecule has 0 saturated heterocycles. The number of carbonyl (C=O) groups excluding carboxylic acids is 1. The molecule has 1 aromatic heterocycles. The van der Waals surface area contributed by atoms with Crippen molar-refractivity contribution in [2.45, 2.75) is 61.6 Å². The van der Waals surface area contributed by atoms with Crippen LogP contribution in [-0.4, -0.2) is 49.4 Å². The lowest BCUT2D eigenvalue weighted by Gasteiger charge is -2.39. The first-order chi connectivity index (χ1) is 22.6. The average molecular weight is 681 g/mol. The molecule has 0 spiro atoms. The first-order valence-corrected chi connectivity index (χ1v) is 18.0. The number of hydrogen-bond acceptors (Lipinski definition) is 6. The molecular formula is C36H38F2N2O5S2. The number of nitrogens with one attached hydrogen (secondary N) is 1. The van der Waals surface area contributed by atoms with Crippen LogP contribution in [0.1, 0.15) is 63.2 Å². The van der Waals surface area contributed by atoms with Crippen molar-refractivity contribution in [2.24, 2.45) is 5.92 Å². The van der Waals surface area contributed by atoms with Gasteiger partial charge >= 0.3 is 0 Å². The summed E-state index contributed by atoms with van der Waals surface area (Å²) in [5, 5.41) is 13.6. The zero-order valence-corrected chi connectivity index (χ0v) is 27.5. The first kappa shape index (κ1) is 33.4. The molecule has 2 heterocycles. The Morgan fingerprint density at radius 2 is 1.66 bits per heavy atom. The van der Waals surface area contributed by atoms with Gasteiger partial charge < -0.3 is 15.2 Å². The van der Waals surface area contributed by atoms with E-state index in [9.17, 15) is 27.1 Å². The van der Waals surface area contributed by atoms with Crippen molar-refractivity contribution < 1.29 is 31.8 Å². The Balaban J connectivity index is 1.19. The van der Waals surface area contributed by atoms with E-state index >= 15 is 0 Å². The van der Waals surface area contributed by atoms with Gasteiger partial charge in [-0.25, -0.2) is 17.2 Å². The Kier molecular flexibility index (Phi) is 10.2. The predicted octanol–water partition coefficient (Wildman–Crippen LogP) is 6.43. The number of carbonyl (C=O) groups is 1. The maximum atomic E-state index is 14.1. The van der Waals surface area contributed by atoms with E-state index in [1.165, 1.54) is 21.7 Å². The number of hydrogen-bond donors (Lipinski definition) is 2. The van der Waals surface area contributed by atoms with Crippen molar-refractivity contribution >= 4 is 27.3 Å². The summed E-state index contributed by atoms with van der Waals surface area (Å²) in [6.07, 6.45) is 0.0334. The smallest absolute Gasteiger partial charge is 0.248 e. The molecule has 4 aromatic rings. The lowest BCUT2D eigenvalue weighted by atomic mass is 9.81. The third kappa shape index (κ3) is 7.81. The largest absolute Gasteiger partial charge is 0.394 e. The van der Waals surface area contributed by atoms with Gasteiger partial charge in [0.15, 0.2) is 0 Å². The van der Waals surface area contributed by atoms with E-state index in [1.807, 2.05) is 60.7 Å². The summed E-state index contributed by atoms with van der Waals surface area (Å²) in [6, 6.07) is 27.2. The SMILES string of the molecule is O=C(CC(c1ccccc1)c1ccccc1)NCc1ccc([C@@H](CO)N(CC2CC(F)(F)C2)S(=O)(=O)c2ccc3c(c2)CCOC3)s1. The highest BCUT2D eigenvalue weighted by Gasteiger charge is 2.48. The third-order valence-electron chi connectivity index (χ3n) is 8.96. The quantitative estimate of drug-likeness (QED) is 0.170. The second-order valence-electron chi connectivity index (χ2n) is 12.3. The molecule has 1 amide bonds. The molecule has 0 bridgehead atoms. The van der Waals surface area contributed by atoms with E-state index in [2.05, 4.69) is 5.32 Å². The van der Waals surface area contributed by atoms with Crippen LogP contribution >= 0.6 is 11.3 Å². The number of benzene rings is 3. The number of ether oxygens (including phenoxy) is 1. The molecule has 7 nitrogen and oxygen atoms in total. The van der Waals surface area contributed by atoms with Gasteiger partial charge in [-0.2, -0.15) is 4.31 Å². The second-order valence-corrected chi connectivity index (χ2v) is 15.4. The number of halogens is 2. The van der Waals surface area contributed by atoms with Gasteiger partial charge in [0.2, 0.25) is 21.9 Å². The molecule has 3 aromatic carbocycles. The highest BCUT2D eigenvalue weighted by molar-refractivity contribution is 7.89. The Bertz CT molecular complexity index is 1740. The summed E-state index contributed by atoms with van der Waals surface area (Å²) < 4.78 is 62.6. The van der Waals surface area contributed by atoms with Crippen LogP contribution < -0.4 is 5.32 Å². The predicted molar refractivity (Wildman–Crippen MR) is 177 cm³/mol. The van der Waals surface area contributed by atoms with Crippen LogP contribution in [0.15, 0.2) is 95.9 Å². The van der Waals surface area contributed by atoms with E-state index in [0.29, 0.717) is 24.5 Å². The number of amides is 1. The van der Waals surface area contributed by atoms with Crippen molar-refractivity contribution in [1.82, 2.24) is 9.62 Å². The Labute approximate surface area is 278 Å².